The number of rotatable bonds is 11. The van der Waals surface area contributed by atoms with Crippen molar-refractivity contribution in [1.82, 2.24) is 0 Å². The summed E-state index contributed by atoms with van der Waals surface area (Å²) in [4.78, 5) is 24.2. The van der Waals surface area contributed by atoms with Gasteiger partial charge in [0.1, 0.15) is 55.4 Å². The zero-order valence-electron chi connectivity index (χ0n) is 40.2. The molecular formula is C49H76O19. The van der Waals surface area contributed by atoms with Crippen molar-refractivity contribution in [3.63, 3.8) is 0 Å². The highest BCUT2D eigenvalue weighted by molar-refractivity contribution is 5.85. The fourth-order valence-corrected chi connectivity index (χ4v) is 14.6. The Kier molecular flexibility index (Phi) is 14.9. The molecule has 68 heavy (non-hydrogen) atoms. The van der Waals surface area contributed by atoms with E-state index in [-0.39, 0.29) is 54.0 Å². The minimum Gasteiger partial charge on any atom is -0.459 e. The van der Waals surface area contributed by atoms with Gasteiger partial charge in [-0.05, 0) is 113 Å². The second-order valence-corrected chi connectivity index (χ2v) is 22.1. The maximum atomic E-state index is 12.6. The Morgan fingerprint density at radius 3 is 1.94 bits per heavy atom. The van der Waals surface area contributed by atoms with Gasteiger partial charge in [-0.1, -0.05) is 13.8 Å². The number of fused-ring (bicyclic) bond motifs is 5. The van der Waals surface area contributed by atoms with Gasteiger partial charge in [-0.3, -0.25) is 4.79 Å². The highest BCUT2D eigenvalue weighted by Crippen LogP contribution is 2.70. The Balaban J connectivity index is 0.746. The lowest BCUT2D eigenvalue weighted by molar-refractivity contribution is -0.355. The molecule has 5 aliphatic heterocycles. The summed E-state index contributed by atoms with van der Waals surface area (Å²) in [6, 6.07) is 0. The molecule has 9 aliphatic rings. The van der Waals surface area contributed by atoms with Crippen molar-refractivity contribution in [3.05, 3.63) is 11.6 Å². The number of carbonyl (C=O) groups is 2. The third-order valence-electron chi connectivity index (χ3n) is 18.3. The number of esters is 2. The number of hydrogen-bond acceptors (Lipinski definition) is 19. The minimum absolute atomic E-state index is 0.0126. The average Bonchev–Trinajstić information content (AvgIpc) is 3.83. The normalized spacial score (nSPS) is 52.8. The number of aliphatic hydroxyl groups excluding tert-OH is 6. The van der Waals surface area contributed by atoms with E-state index in [0.29, 0.717) is 18.4 Å². The summed E-state index contributed by atoms with van der Waals surface area (Å²) in [5.74, 6) is 0.357. The summed E-state index contributed by atoms with van der Waals surface area (Å²) >= 11 is 0. The quantitative estimate of drug-likeness (QED) is 0.115. The van der Waals surface area contributed by atoms with Gasteiger partial charge in [-0.25, -0.2) is 4.79 Å². The van der Waals surface area contributed by atoms with E-state index in [4.69, 9.17) is 47.4 Å². The second-order valence-electron chi connectivity index (χ2n) is 22.1. The molecule has 4 aliphatic carbocycles. The number of aliphatic hydroxyl groups is 7. The molecular weight excluding hydrogens is 893 g/mol. The predicted octanol–water partition coefficient (Wildman–Crippen LogP) is 1.64. The number of ether oxygens (including phenoxy) is 10. The van der Waals surface area contributed by atoms with Crippen molar-refractivity contribution in [3.8, 4) is 0 Å². The summed E-state index contributed by atoms with van der Waals surface area (Å²) in [5, 5.41) is 76.1. The molecule has 19 nitrogen and oxygen atoms in total. The molecule has 7 N–H and O–H groups in total. The summed E-state index contributed by atoms with van der Waals surface area (Å²) in [6.07, 6.45) is -7.65. The lowest BCUT2D eigenvalue weighted by atomic mass is 9.43. The van der Waals surface area contributed by atoms with Crippen molar-refractivity contribution >= 4 is 11.9 Å². The first-order valence-electron chi connectivity index (χ1n) is 25.2. The highest BCUT2D eigenvalue weighted by Gasteiger charge is 2.68. The Hall–Kier alpha value is -1.92. The van der Waals surface area contributed by atoms with E-state index >= 15 is 0 Å². The molecule has 5 heterocycles. The maximum absolute atomic E-state index is 12.6. The zero-order chi connectivity index (χ0) is 48.6. The lowest BCUT2D eigenvalue weighted by Crippen LogP contribution is -2.62. The predicted molar refractivity (Wildman–Crippen MR) is 233 cm³/mol. The Morgan fingerprint density at radius 2 is 1.34 bits per heavy atom. The molecule has 0 spiro atoms. The van der Waals surface area contributed by atoms with Crippen molar-refractivity contribution < 1.29 is 92.7 Å². The molecule has 9 rings (SSSR count). The first kappa shape index (κ1) is 51.0. The van der Waals surface area contributed by atoms with Crippen LogP contribution in [0.15, 0.2) is 11.6 Å². The van der Waals surface area contributed by atoms with Crippen molar-refractivity contribution in [2.75, 3.05) is 13.2 Å². The fourth-order valence-electron chi connectivity index (χ4n) is 14.6. The van der Waals surface area contributed by atoms with E-state index in [0.717, 1.165) is 63.4 Å². The molecule has 4 saturated heterocycles. The first-order valence-corrected chi connectivity index (χ1v) is 25.2. The average molecular weight is 969 g/mol. The van der Waals surface area contributed by atoms with Crippen LogP contribution in [0.3, 0.4) is 0 Å². The van der Waals surface area contributed by atoms with Gasteiger partial charge in [0.05, 0.1) is 48.8 Å². The smallest absolute Gasteiger partial charge is 0.331 e. The molecule has 0 bridgehead atoms. The van der Waals surface area contributed by atoms with Crippen molar-refractivity contribution in [1.29, 1.82) is 0 Å². The van der Waals surface area contributed by atoms with Crippen LogP contribution in [0.5, 0.6) is 0 Å². The molecule has 19 heteroatoms. The van der Waals surface area contributed by atoms with Gasteiger partial charge in [0.25, 0.3) is 0 Å². The summed E-state index contributed by atoms with van der Waals surface area (Å²) in [6.45, 7) is 10.8. The van der Waals surface area contributed by atoms with E-state index in [1.54, 1.807) is 19.9 Å². The molecule has 25 atom stereocenters. The maximum Gasteiger partial charge on any atom is 0.331 e. The van der Waals surface area contributed by atoms with Crippen LogP contribution in [0.4, 0.5) is 0 Å². The van der Waals surface area contributed by atoms with Crippen LogP contribution in [-0.2, 0) is 57.0 Å². The third-order valence-corrected chi connectivity index (χ3v) is 18.3. The minimum atomic E-state index is -1.68. The van der Waals surface area contributed by atoms with Crippen LogP contribution >= 0.6 is 0 Å². The van der Waals surface area contributed by atoms with Gasteiger partial charge in [0.15, 0.2) is 25.2 Å². The van der Waals surface area contributed by atoms with E-state index in [9.17, 15) is 45.3 Å². The summed E-state index contributed by atoms with van der Waals surface area (Å²) < 4.78 is 60.2. The summed E-state index contributed by atoms with van der Waals surface area (Å²) in [5.41, 5.74) is 0.0925. The van der Waals surface area contributed by atoms with Gasteiger partial charge >= 0.3 is 11.9 Å². The zero-order valence-corrected chi connectivity index (χ0v) is 40.2. The van der Waals surface area contributed by atoms with Crippen molar-refractivity contribution in [2.45, 2.75) is 235 Å². The van der Waals surface area contributed by atoms with E-state index in [1.807, 2.05) is 6.92 Å². The van der Waals surface area contributed by atoms with Crippen LogP contribution in [-0.4, -0.2) is 177 Å². The van der Waals surface area contributed by atoms with Crippen LogP contribution in [0.1, 0.15) is 119 Å². The van der Waals surface area contributed by atoms with Gasteiger partial charge in [-0.2, -0.15) is 0 Å². The third kappa shape index (κ3) is 9.36. The number of hydrogen-bond donors (Lipinski definition) is 7. The second kappa shape index (κ2) is 19.8. The Labute approximate surface area is 398 Å². The van der Waals surface area contributed by atoms with Gasteiger partial charge in [0, 0.05) is 37.7 Å². The number of carbonyl (C=O) groups excluding carboxylic acids is 2. The highest BCUT2D eigenvalue weighted by atomic mass is 16.8. The van der Waals surface area contributed by atoms with Crippen LogP contribution < -0.4 is 0 Å². The van der Waals surface area contributed by atoms with E-state index in [2.05, 4.69) is 13.8 Å². The monoisotopic (exact) mass is 968 g/mol. The van der Waals surface area contributed by atoms with Crippen LogP contribution in [0.2, 0.25) is 0 Å². The lowest BCUT2D eigenvalue weighted by Gasteiger charge is -2.64. The van der Waals surface area contributed by atoms with Gasteiger partial charge in [0.2, 0.25) is 0 Å². The standard InChI is InChI=1S/C49H76O19/c1-22-43(66-38-18-33(53)44(23(2)61-38)67-39-19-34(63-25(4)51)45(24(3)62-39)68-46-42(57)41(56)40(55)35(20-50)65-46)32(52)17-37(60-22)64-28-9-12-47(5)27(16-28)7-8-31-30(47)10-13-48(6)29(11-14-49(31,48)58)26-15-36(54)59-21-26/h15,22-24,27-35,37-46,50,52-53,55-58H,7-14,16-21H2,1-6H3/t22-,23-,24-,27-,28-,29+,30+,31+,32-,33-,34-,35+,37-,38-,39+,40+,41-,42+,43+,44+,45-,46-,47+,48-,49-/m1/s1. The first-order chi connectivity index (χ1) is 32.2. The molecule has 0 unspecified atom stereocenters. The Bertz CT molecular complexity index is 1810. The SMILES string of the molecule is CC(=O)O[C@@H]1C[C@H](O[C@@H]2[C@H](O)C[C@@H](O[C@@H]3[C@H](O)C[C@@H](O[C@@H]4CC[C@@]5(C)[C@H](CC[C@H]6[C@@H]5CC[C@]5(C)[C@H](C7=CC(=O)OC7)CC[C@@]65O)C4)O[C@@H]3C)O[C@@H]2C)O[C@H](C)[C@H]1O[C@H]1O[C@@H](CO)[C@H](O)[C@@H](O)[C@@H]1O. The van der Waals surface area contributed by atoms with E-state index in [1.165, 1.54) is 6.92 Å². The molecule has 8 fully saturated rings. The van der Waals surface area contributed by atoms with Crippen LogP contribution in [0, 0.1) is 34.5 Å². The topological polar surface area (TPSA) is 268 Å². The van der Waals surface area contributed by atoms with Gasteiger partial charge in [-0.15, -0.1) is 0 Å². The fraction of sp³-hybridized carbons (Fsp3) is 0.918. The van der Waals surface area contributed by atoms with Crippen LogP contribution in [0.25, 0.3) is 0 Å². The largest absolute Gasteiger partial charge is 0.459 e. The molecule has 0 aromatic heterocycles. The van der Waals surface area contributed by atoms with Gasteiger partial charge < -0.3 is 83.1 Å². The molecule has 4 saturated carbocycles. The Morgan fingerprint density at radius 1 is 0.706 bits per heavy atom. The van der Waals surface area contributed by atoms with Crippen molar-refractivity contribution in [2.24, 2.45) is 34.5 Å². The number of cyclic esters (lactones) is 1. The molecule has 0 aromatic carbocycles. The molecule has 0 amide bonds. The summed E-state index contributed by atoms with van der Waals surface area (Å²) in [7, 11) is 0. The van der Waals surface area contributed by atoms with E-state index < -0.39 is 123 Å². The molecule has 0 aromatic rings. The molecule has 0 radical (unpaired) electrons. The molecule has 386 valence electrons.